The summed E-state index contributed by atoms with van der Waals surface area (Å²) in [7, 11) is 1.57. The predicted molar refractivity (Wildman–Crippen MR) is 91.0 cm³/mol. The van der Waals surface area contributed by atoms with Crippen LogP contribution in [0, 0.1) is 5.92 Å². The highest BCUT2D eigenvalue weighted by Crippen LogP contribution is 2.36. The van der Waals surface area contributed by atoms with Crippen molar-refractivity contribution in [1.29, 1.82) is 0 Å². The smallest absolute Gasteiger partial charge is 0.267 e. The van der Waals surface area contributed by atoms with Crippen LogP contribution < -0.4 is 4.74 Å². The third kappa shape index (κ3) is 3.76. The molecule has 23 heavy (non-hydrogen) atoms. The minimum atomic E-state index is -0.270. The fourth-order valence-corrected chi connectivity index (χ4v) is 3.26. The Hall–Kier alpha value is -1.79. The van der Waals surface area contributed by atoms with Crippen LogP contribution in [-0.4, -0.2) is 47.8 Å². The van der Waals surface area contributed by atoms with Crippen LogP contribution in [-0.2, 0) is 9.59 Å². The van der Waals surface area contributed by atoms with Crippen molar-refractivity contribution in [2.24, 2.45) is 5.92 Å². The monoisotopic (exact) mass is 335 g/mol. The van der Waals surface area contributed by atoms with Crippen LogP contribution in [0.1, 0.15) is 19.4 Å². The van der Waals surface area contributed by atoms with Crippen molar-refractivity contribution < 1.29 is 19.4 Å². The Morgan fingerprint density at radius 1 is 1.17 bits per heavy atom. The molecule has 0 aliphatic carbocycles. The van der Waals surface area contributed by atoms with Crippen LogP contribution in [0.15, 0.2) is 29.2 Å². The van der Waals surface area contributed by atoms with Crippen molar-refractivity contribution in [3.05, 3.63) is 34.7 Å². The summed E-state index contributed by atoms with van der Waals surface area (Å²) in [5.74, 6) is 0.725. The number of ether oxygens (including phenoxy) is 1. The largest absolute Gasteiger partial charge is 0.497 e. The van der Waals surface area contributed by atoms with E-state index >= 15 is 0 Å². The van der Waals surface area contributed by atoms with E-state index in [0.29, 0.717) is 34.1 Å². The molecule has 0 saturated carbocycles. The Morgan fingerprint density at radius 2 is 1.83 bits per heavy atom. The number of rotatable bonds is 7. The van der Waals surface area contributed by atoms with Gasteiger partial charge < -0.3 is 9.84 Å². The standard InChI is InChI=1S/C17H21NO4S/c1-11(2)10-18-16(20)14(15(17(18)21)23-9-8-19)12-4-6-13(22-3)7-5-12/h4-7,11,19H,8-10H2,1-3H3. The molecule has 1 aliphatic rings. The highest BCUT2D eigenvalue weighted by Gasteiger charge is 2.39. The van der Waals surface area contributed by atoms with E-state index in [9.17, 15) is 9.59 Å². The number of aliphatic hydroxyl groups excluding tert-OH is 1. The van der Waals surface area contributed by atoms with Gasteiger partial charge in [-0.05, 0) is 23.6 Å². The summed E-state index contributed by atoms with van der Waals surface area (Å²) in [4.78, 5) is 27.0. The Balaban J connectivity index is 2.41. The molecule has 0 saturated heterocycles. The van der Waals surface area contributed by atoms with Gasteiger partial charge in [-0.2, -0.15) is 0 Å². The second kappa shape index (κ2) is 7.66. The number of thioether (sulfide) groups is 1. The van der Waals surface area contributed by atoms with Gasteiger partial charge in [0.05, 0.1) is 24.2 Å². The summed E-state index contributed by atoms with van der Waals surface area (Å²) in [6, 6.07) is 7.08. The van der Waals surface area contributed by atoms with Gasteiger partial charge in [0.15, 0.2) is 0 Å². The fraction of sp³-hybridized carbons (Fsp3) is 0.412. The predicted octanol–water partition coefficient (Wildman–Crippen LogP) is 2.16. The lowest BCUT2D eigenvalue weighted by Crippen LogP contribution is -2.34. The molecule has 1 aromatic rings. The number of methoxy groups -OCH3 is 1. The molecule has 1 N–H and O–H groups in total. The van der Waals surface area contributed by atoms with Gasteiger partial charge in [0.25, 0.3) is 11.8 Å². The lowest BCUT2D eigenvalue weighted by molar-refractivity contribution is -0.137. The Kier molecular flexibility index (Phi) is 5.85. The summed E-state index contributed by atoms with van der Waals surface area (Å²) in [5, 5.41) is 9.05. The average Bonchev–Trinajstić information content (AvgIpc) is 2.77. The summed E-state index contributed by atoms with van der Waals surface area (Å²) in [6.07, 6.45) is 0. The molecular weight excluding hydrogens is 314 g/mol. The first-order chi connectivity index (χ1) is 11.0. The molecule has 0 spiro atoms. The van der Waals surface area contributed by atoms with E-state index in [1.807, 2.05) is 13.8 Å². The molecule has 0 bridgehead atoms. The number of carbonyl (C=O) groups is 2. The minimum absolute atomic E-state index is 0.0459. The first kappa shape index (κ1) is 17.6. The molecular formula is C17H21NO4S. The molecule has 124 valence electrons. The van der Waals surface area contributed by atoms with Gasteiger partial charge in [-0.1, -0.05) is 26.0 Å². The number of nitrogens with zero attached hydrogens (tertiary/aromatic N) is 1. The Morgan fingerprint density at radius 3 is 2.35 bits per heavy atom. The normalized spacial score (nSPS) is 15.1. The molecule has 5 nitrogen and oxygen atoms in total. The number of hydrogen-bond donors (Lipinski definition) is 1. The van der Waals surface area contributed by atoms with Crippen LogP contribution in [0.3, 0.4) is 0 Å². The van der Waals surface area contributed by atoms with Gasteiger partial charge in [-0.3, -0.25) is 14.5 Å². The van der Waals surface area contributed by atoms with E-state index in [4.69, 9.17) is 9.84 Å². The van der Waals surface area contributed by atoms with Crippen LogP contribution in [0.5, 0.6) is 5.75 Å². The molecule has 2 amide bonds. The van der Waals surface area contributed by atoms with Crippen LogP contribution in [0.4, 0.5) is 0 Å². The molecule has 1 aromatic carbocycles. The molecule has 0 atom stereocenters. The zero-order valence-corrected chi connectivity index (χ0v) is 14.4. The van der Waals surface area contributed by atoms with E-state index in [2.05, 4.69) is 0 Å². The maximum absolute atomic E-state index is 12.7. The second-order valence-electron chi connectivity index (χ2n) is 5.62. The molecule has 0 aromatic heterocycles. The first-order valence-corrected chi connectivity index (χ1v) is 8.46. The third-order valence-corrected chi connectivity index (χ3v) is 4.44. The molecule has 6 heteroatoms. The quantitative estimate of drug-likeness (QED) is 0.774. The van der Waals surface area contributed by atoms with E-state index in [-0.39, 0.29) is 24.3 Å². The van der Waals surface area contributed by atoms with Gasteiger partial charge in [0.2, 0.25) is 0 Å². The van der Waals surface area contributed by atoms with Crippen molar-refractivity contribution >= 4 is 29.1 Å². The van der Waals surface area contributed by atoms with Gasteiger partial charge in [0, 0.05) is 12.3 Å². The van der Waals surface area contributed by atoms with E-state index in [0.717, 1.165) is 0 Å². The highest BCUT2D eigenvalue weighted by atomic mass is 32.2. The summed E-state index contributed by atoms with van der Waals surface area (Å²) in [6.45, 7) is 4.27. The van der Waals surface area contributed by atoms with Crippen molar-refractivity contribution in [2.45, 2.75) is 13.8 Å². The summed E-state index contributed by atoms with van der Waals surface area (Å²) < 4.78 is 5.13. The van der Waals surface area contributed by atoms with Crippen LogP contribution in [0.25, 0.3) is 5.57 Å². The molecule has 2 rings (SSSR count). The molecule has 1 aliphatic heterocycles. The van der Waals surface area contributed by atoms with Crippen molar-refractivity contribution in [2.75, 3.05) is 26.0 Å². The highest BCUT2D eigenvalue weighted by molar-refractivity contribution is 8.04. The first-order valence-electron chi connectivity index (χ1n) is 7.48. The maximum atomic E-state index is 12.7. The van der Waals surface area contributed by atoms with Crippen LogP contribution in [0.2, 0.25) is 0 Å². The molecule has 0 unspecified atom stereocenters. The number of imide groups is 1. The van der Waals surface area contributed by atoms with Gasteiger partial charge in [0.1, 0.15) is 5.75 Å². The second-order valence-corrected chi connectivity index (χ2v) is 6.72. The van der Waals surface area contributed by atoms with Gasteiger partial charge in [-0.15, -0.1) is 11.8 Å². The number of benzene rings is 1. The number of amides is 2. The topological polar surface area (TPSA) is 66.8 Å². The number of carbonyl (C=O) groups excluding carboxylic acids is 2. The van der Waals surface area contributed by atoms with Crippen molar-refractivity contribution in [1.82, 2.24) is 4.90 Å². The lowest BCUT2D eigenvalue weighted by atomic mass is 10.1. The Labute approximate surface area is 140 Å². The minimum Gasteiger partial charge on any atom is -0.497 e. The maximum Gasteiger partial charge on any atom is 0.267 e. The molecule has 0 fully saturated rings. The summed E-state index contributed by atoms with van der Waals surface area (Å²) >= 11 is 1.23. The molecule has 0 radical (unpaired) electrons. The van der Waals surface area contributed by atoms with Crippen LogP contribution >= 0.6 is 11.8 Å². The molecule has 1 heterocycles. The van der Waals surface area contributed by atoms with Crippen molar-refractivity contribution in [3.8, 4) is 5.75 Å². The SMILES string of the molecule is COc1ccc(C2=C(SCCO)C(=O)N(CC(C)C)C2=O)cc1. The van der Waals surface area contributed by atoms with E-state index in [1.54, 1.807) is 31.4 Å². The van der Waals surface area contributed by atoms with Gasteiger partial charge >= 0.3 is 0 Å². The Bertz CT molecular complexity index is 622. The summed E-state index contributed by atoms with van der Waals surface area (Å²) in [5.41, 5.74) is 1.10. The third-order valence-electron chi connectivity index (χ3n) is 3.39. The van der Waals surface area contributed by atoms with E-state index in [1.165, 1.54) is 16.7 Å². The lowest BCUT2D eigenvalue weighted by Gasteiger charge is -2.17. The van der Waals surface area contributed by atoms with E-state index < -0.39 is 0 Å². The van der Waals surface area contributed by atoms with Crippen molar-refractivity contribution in [3.63, 3.8) is 0 Å². The number of hydrogen-bond acceptors (Lipinski definition) is 5. The fourth-order valence-electron chi connectivity index (χ4n) is 2.38. The van der Waals surface area contributed by atoms with Gasteiger partial charge in [-0.25, -0.2) is 0 Å². The zero-order chi connectivity index (χ0) is 17.0. The average molecular weight is 335 g/mol. The number of aliphatic hydroxyl groups is 1. The zero-order valence-electron chi connectivity index (χ0n) is 13.5.